The summed E-state index contributed by atoms with van der Waals surface area (Å²) in [5.74, 6) is 0.759. The molecule has 0 spiro atoms. The monoisotopic (exact) mass is 382 g/mol. The Bertz CT molecular complexity index is 1070. The fraction of sp³-hybridized carbons (Fsp3) is 0.286. The molecule has 0 bridgehead atoms. The summed E-state index contributed by atoms with van der Waals surface area (Å²) in [5, 5.41) is 0.679. The summed E-state index contributed by atoms with van der Waals surface area (Å²) >= 11 is 0. The van der Waals surface area contributed by atoms with E-state index in [9.17, 15) is 8.42 Å². The van der Waals surface area contributed by atoms with Crippen molar-refractivity contribution < 1.29 is 13.2 Å². The molecule has 1 aliphatic carbocycles. The molecule has 4 rings (SSSR count). The van der Waals surface area contributed by atoms with Gasteiger partial charge in [-0.15, -0.1) is 0 Å². The van der Waals surface area contributed by atoms with E-state index in [1.807, 2.05) is 43.3 Å². The summed E-state index contributed by atoms with van der Waals surface area (Å²) < 4.78 is 33.9. The maximum Gasteiger partial charge on any atom is 0.244 e. The maximum atomic E-state index is 13.5. The zero-order valence-electron chi connectivity index (χ0n) is 15.4. The van der Waals surface area contributed by atoms with Crippen molar-refractivity contribution >= 4 is 20.9 Å². The molecule has 1 heterocycles. The van der Waals surface area contributed by atoms with E-state index in [0.29, 0.717) is 16.8 Å². The molecule has 0 aliphatic heterocycles. The number of benzene rings is 2. The molecular weight excluding hydrogens is 360 g/mol. The number of ether oxygens (including phenoxy) is 1. The van der Waals surface area contributed by atoms with Crippen LogP contribution in [0.25, 0.3) is 10.9 Å². The van der Waals surface area contributed by atoms with Crippen molar-refractivity contribution in [2.75, 3.05) is 7.11 Å². The number of hydrogen-bond donors (Lipinski definition) is 0. The fourth-order valence-electron chi connectivity index (χ4n) is 3.32. The standard InChI is InChI=1S/C21H22N2O3S/c1-15-5-12-20(19-4-3-13-22-21(15)19)27(24,25)23(17-8-9-17)14-16-6-10-18(26-2)11-7-16/h3-7,10-13,17H,8-9,14H2,1-2H3. The van der Waals surface area contributed by atoms with Crippen LogP contribution < -0.4 is 4.74 Å². The molecule has 0 radical (unpaired) electrons. The van der Waals surface area contributed by atoms with Crippen molar-refractivity contribution in [3.8, 4) is 5.75 Å². The molecule has 6 heteroatoms. The highest BCUT2D eigenvalue weighted by Crippen LogP contribution is 2.36. The van der Waals surface area contributed by atoms with Crippen LogP contribution in [0, 0.1) is 6.92 Å². The van der Waals surface area contributed by atoms with Gasteiger partial charge in [0.2, 0.25) is 10.0 Å². The minimum atomic E-state index is -3.63. The second-order valence-corrected chi connectivity index (χ2v) is 8.77. The Kier molecular flexibility index (Phi) is 4.61. The summed E-state index contributed by atoms with van der Waals surface area (Å²) in [6.07, 6.45) is 3.50. The third kappa shape index (κ3) is 3.42. The van der Waals surface area contributed by atoms with Crippen molar-refractivity contribution in [2.24, 2.45) is 0 Å². The van der Waals surface area contributed by atoms with Gasteiger partial charge in [-0.1, -0.05) is 18.2 Å². The van der Waals surface area contributed by atoms with Crippen molar-refractivity contribution in [3.05, 3.63) is 65.9 Å². The van der Waals surface area contributed by atoms with Gasteiger partial charge in [-0.2, -0.15) is 4.31 Å². The molecule has 0 unspecified atom stereocenters. The van der Waals surface area contributed by atoms with Crippen LogP contribution in [0.3, 0.4) is 0 Å². The van der Waals surface area contributed by atoms with Gasteiger partial charge < -0.3 is 4.74 Å². The minimum absolute atomic E-state index is 0.0603. The third-order valence-electron chi connectivity index (χ3n) is 4.97. The average molecular weight is 382 g/mol. The summed E-state index contributed by atoms with van der Waals surface area (Å²) in [6.45, 7) is 2.30. The predicted octanol–water partition coefficient (Wildman–Crippen LogP) is 3.91. The van der Waals surface area contributed by atoms with E-state index in [2.05, 4.69) is 4.98 Å². The quantitative estimate of drug-likeness (QED) is 0.649. The van der Waals surface area contributed by atoms with Gasteiger partial charge in [0.05, 0.1) is 17.5 Å². The number of methoxy groups -OCH3 is 1. The molecule has 140 valence electrons. The molecule has 27 heavy (non-hydrogen) atoms. The molecular formula is C21H22N2O3S. The van der Waals surface area contributed by atoms with Crippen LogP contribution in [0.15, 0.2) is 59.6 Å². The Labute approximate surface area is 159 Å². The molecule has 1 saturated carbocycles. The first-order valence-electron chi connectivity index (χ1n) is 9.00. The Morgan fingerprint density at radius 2 is 1.85 bits per heavy atom. The van der Waals surface area contributed by atoms with Crippen LogP contribution in [-0.2, 0) is 16.6 Å². The van der Waals surface area contributed by atoms with Crippen LogP contribution in [-0.4, -0.2) is 30.9 Å². The molecule has 0 amide bonds. The number of rotatable bonds is 6. The van der Waals surface area contributed by atoms with E-state index < -0.39 is 10.0 Å². The Morgan fingerprint density at radius 3 is 2.52 bits per heavy atom. The average Bonchev–Trinajstić information content (AvgIpc) is 3.51. The lowest BCUT2D eigenvalue weighted by Crippen LogP contribution is -2.32. The molecule has 0 N–H and O–H groups in total. The number of nitrogens with zero attached hydrogens (tertiary/aromatic N) is 2. The normalized spacial score (nSPS) is 14.6. The third-order valence-corrected chi connectivity index (χ3v) is 6.93. The highest BCUT2D eigenvalue weighted by Gasteiger charge is 2.38. The molecule has 1 fully saturated rings. The SMILES string of the molecule is COc1ccc(CN(C2CC2)S(=O)(=O)c2ccc(C)c3ncccc23)cc1. The van der Waals surface area contributed by atoms with Crippen LogP contribution in [0.5, 0.6) is 5.75 Å². The fourth-order valence-corrected chi connectivity index (χ4v) is 5.18. The predicted molar refractivity (Wildman–Crippen MR) is 105 cm³/mol. The first-order valence-corrected chi connectivity index (χ1v) is 10.4. The first kappa shape index (κ1) is 17.9. The molecule has 2 aromatic carbocycles. The maximum absolute atomic E-state index is 13.5. The summed E-state index contributed by atoms with van der Waals surface area (Å²) in [6, 6.07) is 14.8. The van der Waals surface area contributed by atoms with Gasteiger partial charge in [-0.05, 0) is 61.2 Å². The summed E-state index contributed by atoms with van der Waals surface area (Å²) in [4.78, 5) is 4.71. The lowest BCUT2D eigenvalue weighted by atomic mass is 10.1. The lowest BCUT2D eigenvalue weighted by Gasteiger charge is -2.23. The Morgan fingerprint density at radius 1 is 1.11 bits per heavy atom. The molecule has 0 atom stereocenters. The summed E-state index contributed by atoms with van der Waals surface area (Å²) in [7, 11) is -2.02. The second kappa shape index (κ2) is 6.94. The van der Waals surface area contributed by atoms with Gasteiger partial charge in [0.15, 0.2) is 0 Å². The zero-order valence-corrected chi connectivity index (χ0v) is 16.2. The van der Waals surface area contributed by atoms with E-state index in [4.69, 9.17) is 4.74 Å². The smallest absolute Gasteiger partial charge is 0.244 e. The van der Waals surface area contributed by atoms with Crippen molar-refractivity contribution in [3.63, 3.8) is 0 Å². The highest BCUT2D eigenvalue weighted by molar-refractivity contribution is 7.89. The van der Waals surface area contributed by atoms with Gasteiger partial charge >= 0.3 is 0 Å². The van der Waals surface area contributed by atoms with Crippen LogP contribution >= 0.6 is 0 Å². The van der Waals surface area contributed by atoms with E-state index >= 15 is 0 Å². The van der Waals surface area contributed by atoms with E-state index in [1.165, 1.54) is 0 Å². The number of sulfonamides is 1. The number of hydrogen-bond acceptors (Lipinski definition) is 4. The number of fused-ring (bicyclic) bond motifs is 1. The van der Waals surface area contributed by atoms with Gasteiger partial charge in [0.1, 0.15) is 5.75 Å². The number of aryl methyl sites for hydroxylation is 1. The van der Waals surface area contributed by atoms with E-state index in [1.54, 1.807) is 29.7 Å². The van der Waals surface area contributed by atoms with Gasteiger partial charge in [0.25, 0.3) is 0 Å². The largest absolute Gasteiger partial charge is 0.497 e. The minimum Gasteiger partial charge on any atom is -0.497 e. The topological polar surface area (TPSA) is 59.5 Å². The molecule has 3 aromatic rings. The van der Waals surface area contributed by atoms with Gasteiger partial charge in [-0.25, -0.2) is 8.42 Å². The van der Waals surface area contributed by atoms with Crippen LogP contribution in [0.2, 0.25) is 0 Å². The van der Waals surface area contributed by atoms with E-state index in [-0.39, 0.29) is 6.04 Å². The number of aromatic nitrogens is 1. The highest BCUT2D eigenvalue weighted by atomic mass is 32.2. The first-order chi connectivity index (χ1) is 13.0. The van der Waals surface area contributed by atoms with Crippen molar-refractivity contribution in [1.29, 1.82) is 0 Å². The molecule has 0 saturated heterocycles. The second-order valence-electron chi connectivity index (χ2n) is 6.91. The molecule has 1 aliphatic rings. The van der Waals surface area contributed by atoms with Crippen LogP contribution in [0.4, 0.5) is 0 Å². The van der Waals surface area contributed by atoms with Crippen molar-refractivity contribution in [2.45, 2.75) is 37.2 Å². The Balaban J connectivity index is 1.75. The van der Waals surface area contributed by atoms with Gasteiger partial charge in [0, 0.05) is 24.2 Å². The molecule has 5 nitrogen and oxygen atoms in total. The summed E-state index contributed by atoms with van der Waals surface area (Å²) in [5.41, 5.74) is 2.65. The Hall–Kier alpha value is -2.44. The number of pyridine rings is 1. The van der Waals surface area contributed by atoms with Crippen molar-refractivity contribution in [1.82, 2.24) is 9.29 Å². The van der Waals surface area contributed by atoms with Crippen LogP contribution in [0.1, 0.15) is 24.0 Å². The van der Waals surface area contributed by atoms with Gasteiger partial charge in [-0.3, -0.25) is 4.98 Å². The zero-order chi connectivity index (χ0) is 19.0. The lowest BCUT2D eigenvalue weighted by molar-refractivity contribution is 0.397. The van der Waals surface area contributed by atoms with E-state index in [0.717, 1.165) is 35.2 Å². The molecule has 1 aromatic heterocycles.